The lowest BCUT2D eigenvalue weighted by atomic mass is 10.0. The molecule has 0 spiro atoms. The maximum absolute atomic E-state index is 5.95. The number of ether oxygens (including phenoxy) is 1. The largest absolute Gasteiger partial charge is 0.467 e. The average molecular weight is 250 g/mol. The lowest BCUT2D eigenvalue weighted by Gasteiger charge is -2.40. The van der Waals surface area contributed by atoms with Crippen LogP contribution in [0.2, 0.25) is 0 Å². The zero-order valence-corrected chi connectivity index (χ0v) is 11.2. The van der Waals surface area contributed by atoms with Crippen LogP contribution < -0.4 is 5.32 Å². The molecule has 2 atom stereocenters. The summed E-state index contributed by atoms with van der Waals surface area (Å²) in [6.45, 7) is 4.85. The molecule has 2 aliphatic rings. The van der Waals surface area contributed by atoms with E-state index in [1.165, 1.54) is 18.4 Å². The van der Waals surface area contributed by atoms with Crippen LogP contribution in [0.4, 0.5) is 0 Å². The number of hydrogen-bond acceptors (Lipinski definition) is 4. The van der Waals surface area contributed by atoms with Crippen LogP contribution in [0.15, 0.2) is 16.7 Å². The highest BCUT2D eigenvalue weighted by molar-refractivity contribution is 5.21. The van der Waals surface area contributed by atoms with Gasteiger partial charge >= 0.3 is 0 Å². The predicted molar refractivity (Wildman–Crippen MR) is 69.6 cm³/mol. The lowest BCUT2D eigenvalue weighted by Crippen LogP contribution is -2.49. The summed E-state index contributed by atoms with van der Waals surface area (Å²) in [6.07, 6.45) is 4.63. The van der Waals surface area contributed by atoms with E-state index in [9.17, 15) is 0 Å². The fourth-order valence-corrected chi connectivity index (χ4v) is 2.95. The van der Waals surface area contributed by atoms with Gasteiger partial charge in [0, 0.05) is 19.1 Å². The molecule has 4 heteroatoms. The molecule has 1 aromatic heterocycles. The molecule has 18 heavy (non-hydrogen) atoms. The number of aryl methyl sites for hydroxylation is 1. The second kappa shape index (κ2) is 5.03. The Morgan fingerprint density at radius 1 is 1.44 bits per heavy atom. The van der Waals surface area contributed by atoms with Gasteiger partial charge in [-0.3, -0.25) is 4.90 Å². The van der Waals surface area contributed by atoms with Crippen LogP contribution in [0.25, 0.3) is 0 Å². The van der Waals surface area contributed by atoms with Gasteiger partial charge in [-0.1, -0.05) is 0 Å². The molecule has 0 amide bonds. The SMILES string of the molecule is CNCC1OCCN(C2CC2)C1c1occc1C. The normalized spacial score (nSPS) is 29.7. The Labute approximate surface area is 108 Å². The van der Waals surface area contributed by atoms with Crippen molar-refractivity contribution in [3.8, 4) is 0 Å². The summed E-state index contributed by atoms with van der Waals surface area (Å²) in [4.78, 5) is 2.58. The zero-order valence-electron chi connectivity index (χ0n) is 11.2. The summed E-state index contributed by atoms with van der Waals surface area (Å²) < 4.78 is 11.7. The van der Waals surface area contributed by atoms with Gasteiger partial charge in [-0.05, 0) is 38.4 Å². The minimum atomic E-state index is 0.189. The standard InChI is InChI=1S/C14H22N2O2/c1-10-5-7-18-14(10)13-12(9-15-2)17-8-6-16(13)11-3-4-11/h5,7,11-13,15H,3-4,6,8-9H2,1-2H3. The Kier molecular flexibility index (Phi) is 3.41. The Bertz CT molecular complexity index is 398. The number of morpholine rings is 1. The molecule has 2 fully saturated rings. The highest BCUT2D eigenvalue weighted by Gasteiger charge is 2.42. The first-order valence-electron chi connectivity index (χ1n) is 6.87. The maximum atomic E-state index is 5.95. The van der Waals surface area contributed by atoms with Gasteiger partial charge in [-0.2, -0.15) is 0 Å². The first kappa shape index (κ1) is 12.2. The third-order valence-corrected chi connectivity index (χ3v) is 3.98. The van der Waals surface area contributed by atoms with Crippen molar-refractivity contribution in [2.75, 3.05) is 26.7 Å². The smallest absolute Gasteiger partial charge is 0.126 e. The molecule has 1 N–H and O–H groups in total. The molecule has 4 nitrogen and oxygen atoms in total. The number of nitrogens with one attached hydrogen (secondary N) is 1. The topological polar surface area (TPSA) is 37.6 Å². The van der Waals surface area contributed by atoms with E-state index < -0.39 is 0 Å². The molecule has 1 aliphatic heterocycles. The van der Waals surface area contributed by atoms with Crippen LogP contribution >= 0.6 is 0 Å². The van der Waals surface area contributed by atoms with Crippen LogP contribution in [-0.4, -0.2) is 43.8 Å². The molecule has 0 bridgehead atoms. The van der Waals surface area contributed by atoms with Crippen LogP contribution in [0, 0.1) is 6.92 Å². The number of hydrogen-bond donors (Lipinski definition) is 1. The van der Waals surface area contributed by atoms with Gasteiger partial charge in [-0.15, -0.1) is 0 Å². The minimum Gasteiger partial charge on any atom is -0.467 e. The number of rotatable bonds is 4. The van der Waals surface area contributed by atoms with Gasteiger partial charge in [0.1, 0.15) is 5.76 Å². The van der Waals surface area contributed by atoms with Gasteiger partial charge in [0.25, 0.3) is 0 Å². The molecule has 1 aliphatic carbocycles. The van der Waals surface area contributed by atoms with Gasteiger partial charge in [0.2, 0.25) is 0 Å². The van der Waals surface area contributed by atoms with E-state index in [1.54, 1.807) is 6.26 Å². The first-order chi connectivity index (χ1) is 8.81. The summed E-state index contributed by atoms with van der Waals surface area (Å²) in [5.74, 6) is 1.09. The van der Waals surface area contributed by atoms with E-state index in [1.807, 2.05) is 13.1 Å². The fourth-order valence-electron chi connectivity index (χ4n) is 2.95. The van der Waals surface area contributed by atoms with Crippen molar-refractivity contribution in [2.45, 2.75) is 38.0 Å². The summed E-state index contributed by atoms with van der Waals surface area (Å²) in [5, 5.41) is 3.24. The van der Waals surface area contributed by atoms with Crippen LogP contribution in [-0.2, 0) is 4.74 Å². The Balaban J connectivity index is 1.88. The van der Waals surface area contributed by atoms with E-state index in [4.69, 9.17) is 9.15 Å². The van der Waals surface area contributed by atoms with E-state index in [0.29, 0.717) is 0 Å². The minimum absolute atomic E-state index is 0.189. The molecule has 2 heterocycles. The number of furan rings is 1. The van der Waals surface area contributed by atoms with Crippen molar-refractivity contribution < 1.29 is 9.15 Å². The summed E-state index contributed by atoms with van der Waals surface area (Å²) in [5.41, 5.74) is 1.23. The first-order valence-corrected chi connectivity index (χ1v) is 6.87. The molecule has 2 unspecified atom stereocenters. The molecular weight excluding hydrogens is 228 g/mol. The van der Waals surface area contributed by atoms with Gasteiger partial charge in [-0.25, -0.2) is 0 Å². The van der Waals surface area contributed by atoms with Crippen LogP contribution in [0.3, 0.4) is 0 Å². The van der Waals surface area contributed by atoms with Crippen molar-refractivity contribution in [2.24, 2.45) is 0 Å². The average Bonchev–Trinajstić information content (AvgIpc) is 3.13. The maximum Gasteiger partial charge on any atom is 0.126 e. The monoisotopic (exact) mass is 250 g/mol. The van der Waals surface area contributed by atoms with Crippen molar-refractivity contribution in [3.63, 3.8) is 0 Å². The summed E-state index contributed by atoms with van der Waals surface area (Å²) in [6, 6.07) is 3.06. The quantitative estimate of drug-likeness (QED) is 0.883. The Morgan fingerprint density at radius 2 is 2.28 bits per heavy atom. The van der Waals surface area contributed by atoms with E-state index in [0.717, 1.165) is 31.5 Å². The molecule has 100 valence electrons. The van der Waals surface area contributed by atoms with E-state index in [-0.39, 0.29) is 12.1 Å². The highest BCUT2D eigenvalue weighted by Crippen LogP contribution is 2.39. The molecule has 0 aromatic carbocycles. The Morgan fingerprint density at radius 3 is 2.89 bits per heavy atom. The molecule has 1 saturated carbocycles. The zero-order chi connectivity index (χ0) is 12.5. The lowest BCUT2D eigenvalue weighted by molar-refractivity contribution is -0.0804. The highest BCUT2D eigenvalue weighted by atomic mass is 16.5. The Hall–Kier alpha value is -0.840. The van der Waals surface area contributed by atoms with Crippen molar-refractivity contribution >= 4 is 0 Å². The van der Waals surface area contributed by atoms with Gasteiger partial charge < -0.3 is 14.5 Å². The fraction of sp³-hybridized carbons (Fsp3) is 0.714. The predicted octanol–water partition coefficient (Wildman–Crippen LogP) is 1.71. The van der Waals surface area contributed by atoms with Gasteiger partial charge in [0.15, 0.2) is 0 Å². The van der Waals surface area contributed by atoms with Crippen LogP contribution in [0.1, 0.15) is 30.2 Å². The molecule has 1 saturated heterocycles. The third kappa shape index (κ3) is 2.20. The number of likely N-dealkylation sites (N-methyl/N-ethyl adjacent to an activating group) is 1. The third-order valence-electron chi connectivity index (χ3n) is 3.98. The second-order valence-corrected chi connectivity index (χ2v) is 5.35. The van der Waals surface area contributed by atoms with E-state index in [2.05, 4.69) is 17.1 Å². The second-order valence-electron chi connectivity index (χ2n) is 5.35. The van der Waals surface area contributed by atoms with E-state index >= 15 is 0 Å². The molecule has 3 rings (SSSR count). The molecular formula is C14H22N2O2. The van der Waals surface area contributed by atoms with Crippen molar-refractivity contribution in [1.82, 2.24) is 10.2 Å². The summed E-state index contributed by atoms with van der Waals surface area (Å²) in [7, 11) is 1.98. The molecule has 1 aromatic rings. The van der Waals surface area contributed by atoms with Crippen LogP contribution in [0.5, 0.6) is 0 Å². The van der Waals surface area contributed by atoms with Gasteiger partial charge in [0.05, 0.1) is 25.0 Å². The van der Waals surface area contributed by atoms with Crippen molar-refractivity contribution in [3.05, 3.63) is 23.7 Å². The molecule has 0 radical (unpaired) electrons. The summed E-state index contributed by atoms with van der Waals surface area (Å²) >= 11 is 0. The van der Waals surface area contributed by atoms with Crippen molar-refractivity contribution in [1.29, 1.82) is 0 Å². The number of nitrogens with zero attached hydrogens (tertiary/aromatic N) is 1.